The van der Waals surface area contributed by atoms with Crippen LogP contribution < -0.4 is 24.2 Å². The third-order valence-corrected chi connectivity index (χ3v) is 7.07. The summed E-state index contributed by atoms with van der Waals surface area (Å²) in [5.74, 6) is 0.891. The summed E-state index contributed by atoms with van der Waals surface area (Å²) < 4.78 is 44.1. The minimum atomic E-state index is -3.88. The molecule has 8 nitrogen and oxygen atoms in total. The van der Waals surface area contributed by atoms with Crippen molar-refractivity contribution in [1.29, 1.82) is 0 Å². The monoisotopic (exact) mass is 538 g/mol. The van der Waals surface area contributed by atoms with Gasteiger partial charge in [0, 0.05) is 11.6 Å². The number of nitrogens with one attached hydrogen (secondary N) is 2. The Balaban J connectivity index is 1.75. The van der Waals surface area contributed by atoms with E-state index < -0.39 is 15.9 Å². The molecule has 0 radical (unpaired) electrons. The van der Waals surface area contributed by atoms with E-state index in [2.05, 4.69) is 10.0 Å². The standard InChI is InChI=1S/C24H24Cl2N2O6S/c1-32-21-9-6-17(14-20(21)28-24(29)18-7-5-16(25)13-19(18)26)35(30,31)27-11-10-15-4-8-22(33-2)23(12-15)34-3/h4-9,12-14,27H,10-11H2,1-3H3,(H,28,29). The quantitative estimate of drug-likeness (QED) is 0.384. The second-order valence-corrected chi connectivity index (χ2v) is 9.89. The largest absolute Gasteiger partial charge is 0.495 e. The van der Waals surface area contributed by atoms with Gasteiger partial charge < -0.3 is 19.5 Å². The first-order valence-electron chi connectivity index (χ1n) is 10.3. The highest BCUT2D eigenvalue weighted by Crippen LogP contribution is 2.30. The lowest BCUT2D eigenvalue weighted by atomic mass is 10.1. The van der Waals surface area contributed by atoms with Crippen molar-refractivity contribution in [2.45, 2.75) is 11.3 Å². The van der Waals surface area contributed by atoms with Crippen LogP contribution in [0.25, 0.3) is 0 Å². The molecule has 0 bridgehead atoms. The van der Waals surface area contributed by atoms with E-state index in [0.717, 1.165) is 5.56 Å². The maximum absolute atomic E-state index is 12.9. The zero-order valence-corrected chi connectivity index (χ0v) is 21.6. The predicted octanol–water partition coefficient (Wildman–Crippen LogP) is 4.79. The van der Waals surface area contributed by atoms with Gasteiger partial charge in [-0.2, -0.15) is 0 Å². The normalized spacial score (nSPS) is 11.1. The van der Waals surface area contributed by atoms with Crippen molar-refractivity contribution in [3.63, 3.8) is 0 Å². The Kier molecular flexibility index (Phi) is 8.85. The van der Waals surface area contributed by atoms with Gasteiger partial charge in [0.25, 0.3) is 5.91 Å². The predicted molar refractivity (Wildman–Crippen MR) is 136 cm³/mol. The van der Waals surface area contributed by atoms with E-state index in [1.54, 1.807) is 19.2 Å². The average molecular weight is 539 g/mol. The molecule has 0 fully saturated rings. The lowest BCUT2D eigenvalue weighted by Crippen LogP contribution is -2.26. The number of halogens is 2. The number of methoxy groups -OCH3 is 3. The van der Waals surface area contributed by atoms with Crippen LogP contribution >= 0.6 is 23.2 Å². The van der Waals surface area contributed by atoms with E-state index in [0.29, 0.717) is 22.9 Å². The molecule has 3 aromatic carbocycles. The van der Waals surface area contributed by atoms with E-state index in [9.17, 15) is 13.2 Å². The highest BCUT2D eigenvalue weighted by Gasteiger charge is 2.19. The van der Waals surface area contributed by atoms with Crippen LogP contribution in [0.1, 0.15) is 15.9 Å². The second-order valence-electron chi connectivity index (χ2n) is 7.28. The van der Waals surface area contributed by atoms with E-state index in [1.807, 2.05) is 6.07 Å². The number of carbonyl (C=O) groups is 1. The van der Waals surface area contributed by atoms with Crippen LogP contribution in [0.5, 0.6) is 17.2 Å². The third kappa shape index (κ3) is 6.58. The molecule has 35 heavy (non-hydrogen) atoms. The number of anilines is 1. The van der Waals surface area contributed by atoms with E-state index in [-0.39, 0.29) is 33.5 Å². The Labute approximate surface area is 214 Å². The van der Waals surface area contributed by atoms with Crippen LogP contribution in [0.3, 0.4) is 0 Å². The molecule has 3 rings (SSSR count). The summed E-state index contributed by atoms with van der Waals surface area (Å²) in [5, 5.41) is 3.19. The molecular weight excluding hydrogens is 515 g/mol. The van der Waals surface area contributed by atoms with Crippen molar-refractivity contribution < 1.29 is 27.4 Å². The molecule has 0 saturated heterocycles. The number of amides is 1. The number of hydrogen-bond acceptors (Lipinski definition) is 6. The number of ether oxygens (including phenoxy) is 3. The lowest BCUT2D eigenvalue weighted by Gasteiger charge is -2.14. The lowest BCUT2D eigenvalue weighted by molar-refractivity contribution is 0.102. The molecule has 3 aromatic rings. The minimum Gasteiger partial charge on any atom is -0.495 e. The van der Waals surface area contributed by atoms with Gasteiger partial charge in [0.1, 0.15) is 5.75 Å². The first-order chi connectivity index (χ1) is 16.7. The van der Waals surface area contributed by atoms with E-state index in [4.69, 9.17) is 37.4 Å². The number of rotatable bonds is 10. The Hall–Kier alpha value is -2.98. The van der Waals surface area contributed by atoms with Crippen molar-refractivity contribution in [2.24, 2.45) is 0 Å². The van der Waals surface area contributed by atoms with Crippen molar-refractivity contribution in [3.8, 4) is 17.2 Å². The van der Waals surface area contributed by atoms with Gasteiger partial charge in [0.15, 0.2) is 11.5 Å². The third-order valence-electron chi connectivity index (χ3n) is 5.06. The van der Waals surface area contributed by atoms with Crippen LogP contribution in [0.15, 0.2) is 59.5 Å². The molecule has 11 heteroatoms. The molecule has 186 valence electrons. The Morgan fingerprint density at radius 2 is 1.54 bits per heavy atom. The molecule has 0 aliphatic carbocycles. The highest BCUT2D eigenvalue weighted by atomic mass is 35.5. The van der Waals surface area contributed by atoms with Gasteiger partial charge in [-0.15, -0.1) is 0 Å². The smallest absolute Gasteiger partial charge is 0.257 e. The minimum absolute atomic E-state index is 0.0388. The van der Waals surface area contributed by atoms with Crippen LogP contribution in [0.4, 0.5) is 5.69 Å². The maximum atomic E-state index is 12.9. The van der Waals surface area contributed by atoms with Gasteiger partial charge in [-0.3, -0.25) is 4.79 Å². The summed E-state index contributed by atoms with van der Waals surface area (Å²) in [6, 6.07) is 14.0. The molecule has 0 saturated carbocycles. The fourth-order valence-corrected chi connectivity index (χ4v) is 4.82. The van der Waals surface area contributed by atoms with Gasteiger partial charge in [-0.05, 0) is 60.5 Å². The first kappa shape index (κ1) is 26.6. The van der Waals surface area contributed by atoms with Gasteiger partial charge in [0.05, 0.1) is 42.5 Å². The fourth-order valence-electron chi connectivity index (χ4n) is 3.26. The maximum Gasteiger partial charge on any atom is 0.257 e. The zero-order chi connectivity index (χ0) is 25.6. The molecule has 0 aliphatic rings. The molecular formula is C24H24Cl2N2O6S. The zero-order valence-electron chi connectivity index (χ0n) is 19.2. The molecule has 0 spiro atoms. The molecule has 0 aromatic heterocycles. The topological polar surface area (TPSA) is 103 Å². The highest BCUT2D eigenvalue weighted by molar-refractivity contribution is 7.89. The van der Waals surface area contributed by atoms with Gasteiger partial charge in [0.2, 0.25) is 10.0 Å². The molecule has 0 atom stereocenters. The van der Waals surface area contributed by atoms with Crippen molar-refractivity contribution in [2.75, 3.05) is 33.2 Å². The van der Waals surface area contributed by atoms with Crippen molar-refractivity contribution in [3.05, 3.63) is 75.8 Å². The molecule has 0 unspecified atom stereocenters. The number of hydrogen-bond donors (Lipinski definition) is 2. The summed E-state index contributed by atoms with van der Waals surface area (Å²) in [6.45, 7) is 0.145. The Morgan fingerprint density at radius 1 is 0.857 bits per heavy atom. The molecule has 0 aliphatic heterocycles. The fraction of sp³-hybridized carbons (Fsp3) is 0.208. The van der Waals surface area contributed by atoms with Crippen LogP contribution in [-0.2, 0) is 16.4 Å². The Bertz CT molecular complexity index is 1330. The Morgan fingerprint density at radius 3 is 2.20 bits per heavy atom. The van der Waals surface area contributed by atoms with Crippen LogP contribution in [-0.4, -0.2) is 42.2 Å². The molecule has 0 heterocycles. The summed E-state index contributed by atoms with van der Waals surface area (Å²) in [6.07, 6.45) is 0.425. The summed E-state index contributed by atoms with van der Waals surface area (Å²) in [5.41, 5.74) is 1.22. The van der Waals surface area contributed by atoms with Gasteiger partial charge in [-0.25, -0.2) is 13.1 Å². The van der Waals surface area contributed by atoms with Crippen molar-refractivity contribution >= 4 is 44.8 Å². The molecule has 2 N–H and O–H groups in total. The number of benzene rings is 3. The van der Waals surface area contributed by atoms with E-state index in [1.165, 1.54) is 50.6 Å². The van der Waals surface area contributed by atoms with Crippen LogP contribution in [0, 0.1) is 0 Å². The average Bonchev–Trinajstić information content (AvgIpc) is 2.83. The first-order valence-corrected chi connectivity index (χ1v) is 12.6. The molecule has 1 amide bonds. The SMILES string of the molecule is COc1ccc(S(=O)(=O)NCCc2ccc(OC)c(OC)c2)cc1NC(=O)c1ccc(Cl)cc1Cl. The van der Waals surface area contributed by atoms with Gasteiger partial charge in [-0.1, -0.05) is 29.3 Å². The van der Waals surface area contributed by atoms with Crippen molar-refractivity contribution in [1.82, 2.24) is 4.72 Å². The van der Waals surface area contributed by atoms with Crippen LogP contribution in [0.2, 0.25) is 10.0 Å². The second kappa shape index (κ2) is 11.6. The summed E-state index contributed by atoms with van der Waals surface area (Å²) >= 11 is 12.0. The van der Waals surface area contributed by atoms with Gasteiger partial charge >= 0.3 is 0 Å². The summed E-state index contributed by atoms with van der Waals surface area (Å²) in [7, 11) is 0.611. The summed E-state index contributed by atoms with van der Waals surface area (Å²) in [4.78, 5) is 12.7. The number of sulfonamides is 1. The van der Waals surface area contributed by atoms with E-state index >= 15 is 0 Å². The number of carbonyl (C=O) groups excluding carboxylic acids is 1.